The van der Waals surface area contributed by atoms with Gasteiger partial charge in [0.25, 0.3) is 0 Å². The number of benzene rings is 2. The predicted octanol–water partition coefficient (Wildman–Crippen LogP) is 10.0. The molecular weight excluding hydrogens is 683 g/mol. The average molecular weight is 731 g/mol. The maximum absolute atomic E-state index is 11.7. The number of pyridine rings is 1. The van der Waals surface area contributed by atoms with E-state index in [9.17, 15) is 9.90 Å². The molecule has 2 aromatic carbocycles. The van der Waals surface area contributed by atoms with Gasteiger partial charge in [-0.1, -0.05) is 59.7 Å². The van der Waals surface area contributed by atoms with Crippen LogP contribution < -0.4 is 0 Å². The molecule has 41 heavy (non-hydrogen) atoms. The van der Waals surface area contributed by atoms with Crippen molar-refractivity contribution in [2.75, 3.05) is 0 Å². The van der Waals surface area contributed by atoms with E-state index in [-0.39, 0.29) is 43.5 Å². The Bertz CT molecular complexity index is 1320. The molecule has 0 unspecified atom stereocenters. The van der Waals surface area contributed by atoms with E-state index >= 15 is 0 Å². The Kier molecular flexibility index (Phi) is 11.9. The van der Waals surface area contributed by atoms with Crippen LogP contribution in [0.5, 0.6) is 0 Å². The molecule has 1 heterocycles. The van der Waals surface area contributed by atoms with Gasteiger partial charge in [-0.15, -0.1) is 34.9 Å². The Balaban J connectivity index is 0.000000253. The topological polar surface area (TPSA) is 50.2 Å². The molecule has 2 saturated carbocycles. The van der Waals surface area contributed by atoms with E-state index in [1.807, 2.05) is 33.9 Å². The van der Waals surface area contributed by atoms with Gasteiger partial charge in [-0.25, -0.2) is 0 Å². The fourth-order valence-corrected chi connectivity index (χ4v) is 7.26. The molecule has 0 spiro atoms. The average Bonchev–Trinajstić information content (AvgIpc) is 3.56. The van der Waals surface area contributed by atoms with E-state index in [0.29, 0.717) is 5.41 Å². The molecule has 2 bridgehead atoms. The Morgan fingerprint density at radius 1 is 1.00 bits per heavy atom. The Morgan fingerprint density at radius 2 is 1.66 bits per heavy atom. The molecule has 0 atom stereocenters. The van der Waals surface area contributed by atoms with Crippen LogP contribution in [-0.2, 0) is 30.3 Å². The number of allylic oxidation sites excluding steroid dienone is 2. The normalized spacial score (nSPS) is 19.8. The van der Waals surface area contributed by atoms with Crippen molar-refractivity contribution in [1.29, 1.82) is 0 Å². The number of hydrogen-bond donors (Lipinski definition) is 1. The molecule has 2 aliphatic carbocycles. The maximum atomic E-state index is 11.7. The molecule has 223 valence electrons. The van der Waals surface area contributed by atoms with Crippen molar-refractivity contribution >= 4 is 16.6 Å². The number of aliphatic hydroxyl groups excluding tert-OH is 1. The summed E-state index contributed by atoms with van der Waals surface area (Å²) in [5.41, 5.74) is 6.64. The third-order valence-electron chi connectivity index (χ3n) is 9.60. The summed E-state index contributed by atoms with van der Waals surface area (Å²) in [7, 11) is 0. The molecule has 3 nitrogen and oxygen atoms in total. The predicted molar refractivity (Wildman–Crippen MR) is 168 cm³/mol. The van der Waals surface area contributed by atoms with Crippen molar-refractivity contribution < 1.29 is 30.0 Å². The number of carbonyl (C=O) groups excluding carboxylic acids is 1. The fraction of sp³-hybridized carbons (Fsp3) is 0.514. The van der Waals surface area contributed by atoms with Gasteiger partial charge < -0.3 is 10.1 Å². The molecule has 2 fully saturated rings. The first-order valence-electron chi connectivity index (χ1n) is 15.6. The van der Waals surface area contributed by atoms with Gasteiger partial charge in [-0.2, -0.15) is 0 Å². The smallest absolute Gasteiger partial charge is 0.162 e. The van der Waals surface area contributed by atoms with Crippen molar-refractivity contribution in [2.45, 2.75) is 105 Å². The largest absolute Gasteiger partial charge is 0.512 e. The zero-order valence-electron chi connectivity index (χ0n) is 25.9. The zero-order chi connectivity index (χ0) is 28.9. The summed E-state index contributed by atoms with van der Waals surface area (Å²) < 4.78 is 0. The third-order valence-corrected chi connectivity index (χ3v) is 9.60. The van der Waals surface area contributed by atoms with Crippen LogP contribution in [0.25, 0.3) is 22.0 Å². The number of carbonyl (C=O) groups is 1. The van der Waals surface area contributed by atoms with Gasteiger partial charge in [0, 0.05) is 44.2 Å². The van der Waals surface area contributed by atoms with Gasteiger partial charge >= 0.3 is 0 Å². The van der Waals surface area contributed by atoms with Crippen LogP contribution >= 0.6 is 0 Å². The summed E-state index contributed by atoms with van der Waals surface area (Å²) in [5, 5.41) is 12.4. The Morgan fingerprint density at radius 3 is 2.22 bits per heavy atom. The molecule has 1 N–H and O–H groups in total. The molecule has 4 heteroatoms. The Hall–Kier alpha value is -2.29. The van der Waals surface area contributed by atoms with E-state index in [2.05, 4.69) is 56.3 Å². The first-order valence-corrected chi connectivity index (χ1v) is 15.6. The monoisotopic (exact) mass is 731 g/mol. The van der Waals surface area contributed by atoms with Gasteiger partial charge in [-0.3, -0.25) is 4.79 Å². The van der Waals surface area contributed by atoms with Gasteiger partial charge in [0.2, 0.25) is 0 Å². The van der Waals surface area contributed by atoms with Crippen LogP contribution in [0.1, 0.15) is 102 Å². The molecule has 0 amide bonds. The maximum Gasteiger partial charge on any atom is 0.162 e. The van der Waals surface area contributed by atoms with Crippen LogP contribution in [0.15, 0.2) is 54.4 Å². The molecule has 0 aliphatic heterocycles. The summed E-state index contributed by atoms with van der Waals surface area (Å²) >= 11 is 0. The molecule has 1 aromatic heterocycles. The van der Waals surface area contributed by atoms with Crippen LogP contribution in [0, 0.1) is 37.7 Å². The fourth-order valence-electron chi connectivity index (χ4n) is 7.26. The van der Waals surface area contributed by atoms with Crippen LogP contribution in [-0.4, -0.2) is 15.9 Å². The van der Waals surface area contributed by atoms with Crippen molar-refractivity contribution in [3.63, 3.8) is 0 Å². The number of nitrogens with zero attached hydrogens (tertiary/aromatic N) is 1. The first-order chi connectivity index (χ1) is 19.2. The zero-order valence-corrected chi connectivity index (χ0v) is 28.2. The second-order valence-corrected chi connectivity index (χ2v) is 12.2. The van der Waals surface area contributed by atoms with Crippen molar-refractivity contribution in [3.05, 3.63) is 77.2 Å². The van der Waals surface area contributed by atoms with Crippen LogP contribution in [0.3, 0.4) is 0 Å². The Labute approximate surface area is 261 Å². The molecular formula is C37H48IrNO2-. The number of aryl methyl sites for hydroxylation is 2. The van der Waals surface area contributed by atoms with E-state index < -0.39 is 0 Å². The van der Waals surface area contributed by atoms with Gasteiger partial charge in [0.1, 0.15) is 0 Å². The first kappa shape index (κ1) is 33.2. The van der Waals surface area contributed by atoms with Crippen molar-refractivity contribution in [1.82, 2.24) is 4.98 Å². The number of hydrogen-bond acceptors (Lipinski definition) is 3. The summed E-state index contributed by atoms with van der Waals surface area (Å²) in [4.78, 5) is 16.5. The summed E-state index contributed by atoms with van der Waals surface area (Å²) in [6.45, 7) is 12.3. The van der Waals surface area contributed by atoms with E-state index in [4.69, 9.17) is 4.98 Å². The van der Waals surface area contributed by atoms with Gasteiger partial charge in [0.15, 0.2) is 5.78 Å². The molecule has 3 aromatic rings. The standard InChI is InChI=1S/C24H24N.C13H24O2.Ir/c1-16-12-17(2)14-19(13-16)23-21-4-3-5-22(20(21)8-11-25-23)24-9-6-18(15-24)7-10-24;1-5-10(6-2)12(14)9-13(15)11(7-3)8-4;/h3-5,8,11-13,18H,6-7,9-10,15H2,1-2H3;9-11,14H,5-8H2,1-4H3;/q-1;;/b;12-9-;. The van der Waals surface area contributed by atoms with E-state index in [1.165, 1.54) is 60.1 Å². The van der Waals surface area contributed by atoms with E-state index in [1.54, 1.807) is 5.56 Å². The quantitative estimate of drug-likeness (QED) is 0.136. The van der Waals surface area contributed by atoms with Crippen LogP contribution in [0.2, 0.25) is 0 Å². The number of aromatic nitrogens is 1. The van der Waals surface area contributed by atoms with E-state index in [0.717, 1.165) is 42.9 Å². The van der Waals surface area contributed by atoms with Crippen molar-refractivity contribution in [3.8, 4) is 11.3 Å². The number of fused-ring (bicyclic) bond motifs is 3. The number of rotatable bonds is 9. The second kappa shape index (κ2) is 14.7. The minimum Gasteiger partial charge on any atom is -0.512 e. The van der Waals surface area contributed by atoms with Gasteiger partial charge in [0.05, 0.1) is 5.76 Å². The minimum absolute atomic E-state index is 0. The minimum atomic E-state index is 0. The molecule has 2 aliphatic rings. The third kappa shape index (κ3) is 7.38. The molecule has 0 saturated heterocycles. The van der Waals surface area contributed by atoms with Gasteiger partial charge in [-0.05, 0) is 97.2 Å². The van der Waals surface area contributed by atoms with Crippen molar-refractivity contribution in [2.24, 2.45) is 17.8 Å². The second-order valence-electron chi connectivity index (χ2n) is 12.2. The number of aliphatic hydroxyl groups is 1. The SMILES string of the molecule is CCC(CC)C(=O)/C=C(\O)C(CC)CC.Cc1[c-]c(-c2nccc3c(C45CCC(CC4)C5)cccc23)cc(C)c1.[Ir]. The summed E-state index contributed by atoms with van der Waals surface area (Å²) in [6, 6.07) is 17.0. The summed E-state index contributed by atoms with van der Waals surface area (Å²) in [5.74, 6) is 1.51. The molecule has 1 radical (unpaired) electrons. The summed E-state index contributed by atoms with van der Waals surface area (Å²) in [6.07, 6.45) is 13.8. The number of ketones is 1. The molecule has 5 rings (SSSR count). The van der Waals surface area contributed by atoms with Crippen LogP contribution in [0.4, 0.5) is 0 Å².